The molecular formula is C23H17ClF2N4O. The molecule has 0 saturated heterocycles. The van der Waals surface area contributed by atoms with Crippen molar-refractivity contribution in [1.29, 1.82) is 0 Å². The molecule has 0 bridgehead atoms. The molecule has 2 aromatic heterocycles. The lowest BCUT2D eigenvalue weighted by Crippen LogP contribution is -2.25. The molecule has 0 amide bonds. The van der Waals surface area contributed by atoms with Crippen LogP contribution in [0.5, 0.6) is 0 Å². The molecule has 2 heterocycles. The Kier molecular flexibility index (Phi) is 5.77. The molecule has 31 heavy (non-hydrogen) atoms. The van der Waals surface area contributed by atoms with Gasteiger partial charge < -0.3 is 5.32 Å². The minimum absolute atomic E-state index is 0.174. The fourth-order valence-electron chi connectivity index (χ4n) is 3.24. The molecule has 2 aromatic carbocycles. The first kappa shape index (κ1) is 20.7. The van der Waals surface area contributed by atoms with Crippen molar-refractivity contribution in [2.75, 3.05) is 5.32 Å². The van der Waals surface area contributed by atoms with Crippen molar-refractivity contribution in [2.45, 2.75) is 13.0 Å². The molecule has 5 nitrogen and oxygen atoms in total. The summed E-state index contributed by atoms with van der Waals surface area (Å²) in [4.78, 5) is 17.2. The maximum atomic E-state index is 14.1. The van der Waals surface area contributed by atoms with Gasteiger partial charge in [-0.15, -0.1) is 0 Å². The van der Waals surface area contributed by atoms with Crippen LogP contribution in [0, 0.1) is 18.6 Å². The van der Waals surface area contributed by atoms with Crippen molar-refractivity contribution >= 4 is 17.3 Å². The van der Waals surface area contributed by atoms with Crippen molar-refractivity contribution in [3.05, 3.63) is 117 Å². The lowest BCUT2D eigenvalue weighted by atomic mass is 10.0. The van der Waals surface area contributed by atoms with Gasteiger partial charge in [0.05, 0.1) is 23.6 Å². The standard InChI is InChI=1S/C23H17ClF2N4O/c1-14-5-4-6-15(11-14)22(18-7-2-3-10-27-18)29-19-13-28-30(23(31)21(19)24)20-9-8-16(25)12-17(20)26/h2-13,22,29H,1H3. The Labute approximate surface area is 182 Å². The van der Waals surface area contributed by atoms with Crippen molar-refractivity contribution in [3.8, 4) is 5.69 Å². The van der Waals surface area contributed by atoms with Crippen LogP contribution in [-0.4, -0.2) is 14.8 Å². The summed E-state index contributed by atoms with van der Waals surface area (Å²) in [5.74, 6) is -1.67. The highest BCUT2D eigenvalue weighted by molar-refractivity contribution is 6.33. The van der Waals surface area contributed by atoms with Gasteiger partial charge in [0.15, 0.2) is 5.82 Å². The first-order valence-corrected chi connectivity index (χ1v) is 9.79. The van der Waals surface area contributed by atoms with Gasteiger partial charge in [-0.3, -0.25) is 9.78 Å². The Morgan fingerprint density at radius 1 is 1.06 bits per heavy atom. The number of anilines is 1. The minimum atomic E-state index is -0.919. The number of aromatic nitrogens is 3. The second kappa shape index (κ2) is 8.65. The van der Waals surface area contributed by atoms with Crippen LogP contribution in [0.25, 0.3) is 5.69 Å². The number of hydrogen-bond acceptors (Lipinski definition) is 4. The van der Waals surface area contributed by atoms with E-state index in [9.17, 15) is 13.6 Å². The normalized spacial score (nSPS) is 11.9. The number of pyridine rings is 1. The van der Waals surface area contributed by atoms with Crippen molar-refractivity contribution < 1.29 is 8.78 Å². The topological polar surface area (TPSA) is 59.8 Å². The molecule has 0 radical (unpaired) electrons. The Balaban J connectivity index is 1.76. The Morgan fingerprint density at radius 2 is 1.90 bits per heavy atom. The molecule has 0 spiro atoms. The highest BCUT2D eigenvalue weighted by Gasteiger charge is 2.20. The summed E-state index contributed by atoms with van der Waals surface area (Å²) in [5, 5.41) is 7.08. The summed E-state index contributed by atoms with van der Waals surface area (Å²) in [7, 11) is 0. The van der Waals surface area contributed by atoms with E-state index in [0.29, 0.717) is 6.07 Å². The van der Waals surface area contributed by atoms with Gasteiger partial charge in [-0.25, -0.2) is 8.78 Å². The molecule has 4 rings (SSSR count). The van der Waals surface area contributed by atoms with E-state index >= 15 is 0 Å². The third-order valence-corrected chi connectivity index (χ3v) is 5.08. The molecule has 0 aliphatic rings. The summed E-state index contributed by atoms with van der Waals surface area (Å²) in [5.41, 5.74) is 2.04. The Hall–Kier alpha value is -3.58. The molecular weight excluding hydrogens is 422 g/mol. The summed E-state index contributed by atoms with van der Waals surface area (Å²) < 4.78 is 28.1. The number of halogens is 3. The average molecular weight is 439 g/mol. The maximum Gasteiger partial charge on any atom is 0.292 e. The van der Waals surface area contributed by atoms with Gasteiger partial charge >= 0.3 is 0 Å². The number of aryl methyl sites for hydroxylation is 1. The first-order chi connectivity index (χ1) is 14.9. The minimum Gasteiger partial charge on any atom is -0.370 e. The summed E-state index contributed by atoms with van der Waals surface area (Å²) in [6, 6.07) is 15.8. The predicted molar refractivity (Wildman–Crippen MR) is 116 cm³/mol. The van der Waals surface area contributed by atoms with Crippen molar-refractivity contribution in [2.24, 2.45) is 0 Å². The highest BCUT2D eigenvalue weighted by Crippen LogP contribution is 2.28. The average Bonchev–Trinajstić information content (AvgIpc) is 2.76. The molecule has 0 aliphatic heterocycles. The number of rotatable bonds is 5. The van der Waals surface area contributed by atoms with Crippen LogP contribution in [-0.2, 0) is 0 Å². The SMILES string of the molecule is Cc1cccc(C(Nc2cnn(-c3ccc(F)cc3F)c(=O)c2Cl)c2ccccn2)c1. The number of nitrogens with zero attached hydrogens (tertiary/aromatic N) is 3. The Bertz CT molecular complexity index is 1290. The molecule has 1 atom stereocenters. The Morgan fingerprint density at radius 3 is 2.61 bits per heavy atom. The fourth-order valence-corrected chi connectivity index (χ4v) is 3.42. The van der Waals surface area contributed by atoms with Gasteiger partial charge in [0, 0.05) is 12.3 Å². The van der Waals surface area contributed by atoms with E-state index < -0.39 is 23.2 Å². The third kappa shape index (κ3) is 4.32. The largest absolute Gasteiger partial charge is 0.370 e. The smallest absolute Gasteiger partial charge is 0.292 e. The second-order valence-corrected chi connectivity index (χ2v) is 7.31. The van der Waals surface area contributed by atoms with Crippen molar-refractivity contribution in [1.82, 2.24) is 14.8 Å². The van der Waals surface area contributed by atoms with E-state index in [1.165, 1.54) is 6.20 Å². The predicted octanol–water partition coefficient (Wildman–Crippen LogP) is 5.07. The lowest BCUT2D eigenvalue weighted by Gasteiger charge is -2.21. The first-order valence-electron chi connectivity index (χ1n) is 9.41. The van der Waals surface area contributed by atoms with Crippen LogP contribution < -0.4 is 10.9 Å². The van der Waals surface area contributed by atoms with E-state index in [2.05, 4.69) is 15.4 Å². The molecule has 0 saturated carbocycles. The summed E-state index contributed by atoms with van der Waals surface area (Å²) in [6.07, 6.45) is 3.01. The van der Waals surface area contributed by atoms with E-state index in [-0.39, 0.29) is 16.4 Å². The van der Waals surface area contributed by atoms with E-state index in [0.717, 1.165) is 33.6 Å². The highest BCUT2D eigenvalue weighted by atomic mass is 35.5. The quantitative estimate of drug-likeness (QED) is 0.472. The van der Waals surface area contributed by atoms with E-state index in [1.54, 1.807) is 6.20 Å². The van der Waals surface area contributed by atoms with Crippen LogP contribution >= 0.6 is 11.6 Å². The van der Waals surface area contributed by atoms with Gasteiger partial charge in [0.25, 0.3) is 5.56 Å². The maximum absolute atomic E-state index is 14.1. The van der Waals surface area contributed by atoms with Gasteiger partial charge in [-0.1, -0.05) is 47.5 Å². The summed E-state index contributed by atoms with van der Waals surface area (Å²) >= 11 is 6.33. The second-order valence-electron chi connectivity index (χ2n) is 6.93. The monoisotopic (exact) mass is 438 g/mol. The third-order valence-electron chi connectivity index (χ3n) is 4.72. The van der Waals surface area contributed by atoms with Gasteiger partial charge in [0.1, 0.15) is 16.5 Å². The van der Waals surface area contributed by atoms with Crippen LogP contribution in [0.1, 0.15) is 22.9 Å². The lowest BCUT2D eigenvalue weighted by molar-refractivity contribution is 0.570. The summed E-state index contributed by atoms with van der Waals surface area (Å²) in [6.45, 7) is 1.98. The zero-order valence-corrected chi connectivity index (χ0v) is 17.1. The van der Waals surface area contributed by atoms with Gasteiger partial charge in [-0.2, -0.15) is 9.78 Å². The van der Waals surface area contributed by atoms with Crippen molar-refractivity contribution in [3.63, 3.8) is 0 Å². The number of hydrogen-bond donors (Lipinski definition) is 1. The molecule has 4 aromatic rings. The van der Waals surface area contributed by atoms with Crippen LogP contribution in [0.2, 0.25) is 5.02 Å². The van der Waals surface area contributed by atoms with E-state index in [1.807, 2.05) is 49.4 Å². The van der Waals surface area contributed by atoms with E-state index in [4.69, 9.17) is 11.6 Å². The number of nitrogens with one attached hydrogen (secondary N) is 1. The molecule has 1 N–H and O–H groups in total. The molecule has 0 aliphatic carbocycles. The van der Waals surface area contributed by atoms with Crippen LogP contribution in [0.15, 0.2) is 77.9 Å². The molecule has 156 valence electrons. The molecule has 0 fully saturated rings. The van der Waals surface area contributed by atoms with Crippen LogP contribution in [0.4, 0.5) is 14.5 Å². The molecule has 1 unspecified atom stereocenters. The van der Waals surface area contributed by atoms with Crippen LogP contribution in [0.3, 0.4) is 0 Å². The van der Waals surface area contributed by atoms with Gasteiger partial charge in [0.2, 0.25) is 0 Å². The number of benzene rings is 2. The zero-order chi connectivity index (χ0) is 22.0. The van der Waals surface area contributed by atoms with Gasteiger partial charge in [-0.05, 0) is 36.8 Å². The zero-order valence-electron chi connectivity index (χ0n) is 16.4. The fraction of sp³-hybridized carbons (Fsp3) is 0.0870. The molecule has 8 heteroatoms.